The lowest BCUT2D eigenvalue weighted by atomic mass is 9.94. The Morgan fingerprint density at radius 2 is 2.16 bits per heavy atom. The Balaban J connectivity index is 1.86. The van der Waals surface area contributed by atoms with Gasteiger partial charge < -0.3 is 10.2 Å². The zero-order valence-electron chi connectivity index (χ0n) is 11.8. The van der Waals surface area contributed by atoms with E-state index in [0.29, 0.717) is 19.1 Å². The largest absolute Gasteiger partial charge is 0.342 e. The molecule has 1 aliphatic heterocycles. The molecule has 106 valence electrons. The minimum atomic E-state index is -0.169. The molecule has 1 heterocycles. The second kappa shape index (κ2) is 6.88. The van der Waals surface area contributed by atoms with Crippen molar-refractivity contribution in [2.24, 2.45) is 0 Å². The van der Waals surface area contributed by atoms with E-state index in [1.165, 1.54) is 19.3 Å². The molecule has 0 aromatic carbocycles. The highest BCUT2D eigenvalue weighted by molar-refractivity contribution is 5.78. The molecule has 0 spiro atoms. The Kier molecular flexibility index (Phi) is 5.17. The number of nitrogens with zero attached hydrogens (tertiary/aromatic N) is 3. The maximum Gasteiger partial charge on any atom is 0.236 e. The number of likely N-dealkylation sites (N-methyl/N-ethyl adjacent to an activating group) is 1. The van der Waals surface area contributed by atoms with Crippen molar-refractivity contribution in [2.75, 3.05) is 33.2 Å². The number of amides is 1. The van der Waals surface area contributed by atoms with Crippen molar-refractivity contribution in [3.8, 4) is 6.07 Å². The van der Waals surface area contributed by atoms with Gasteiger partial charge in [0.05, 0.1) is 12.6 Å². The second-order valence-corrected chi connectivity index (χ2v) is 5.62. The van der Waals surface area contributed by atoms with Crippen LogP contribution in [0.5, 0.6) is 0 Å². The summed E-state index contributed by atoms with van der Waals surface area (Å²) in [6.07, 6.45) is 6.03. The quantitative estimate of drug-likeness (QED) is 0.810. The molecule has 1 unspecified atom stereocenters. The highest BCUT2D eigenvalue weighted by Crippen LogP contribution is 2.21. The molecule has 2 fully saturated rings. The summed E-state index contributed by atoms with van der Waals surface area (Å²) in [4.78, 5) is 16.2. The van der Waals surface area contributed by atoms with Gasteiger partial charge in [0.2, 0.25) is 5.91 Å². The molecule has 0 aromatic rings. The van der Waals surface area contributed by atoms with E-state index in [1.807, 2.05) is 16.8 Å². The first-order valence-electron chi connectivity index (χ1n) is 7.32. The van der Waals surface area contributed by atoms with E-state index < -0.39 is 0 Å². The van der Waals surface area contributed by atoms with Crippen LogP contribution in [0.1, 0.15) is 32.1 Å². The van der Waals surface area contributed by atoms with Gasteiger partial charge in [-0.15, -0.1) is 0 Å². The molecule has 2 rings (SSSR count). The van der Waals surface area contributed by atoms with Crippen molar-refractivity contribution in [3.63, 3.8) is 0 Å². The van der Waals surface area contributed by atoms with E-state index in [9.17, 15) is 4.79 Å². The summed E-state index contributed by atoms with van der Waals surface area (Å²) < 4.78 is 0. The third kappa shape index (κ3) is 3.68. The monoisotopic (exact) mass is 264 g/mol. The predicted octanol–water partition coefficient (Wildman–Crippen LogP) is 0.575. The molecule has 2 aliphatic rings. The van der Waals surface area contributed by atoms with Gasteiger partial charge in [-0.1, -0.05) is 19.3 Å². The van der Waals surface area contributed by atoms with Gasteiger partial charge in [-0.05, 0) is 12.8 Å². The smallest absolute Gasteiger partial charge is 0.236 e. The Morgan fingerprint density at radius 3 is 2.84 bits per heavy atom. The number of rotatable bonds is 3. The number of piperazine rings is 1. The van der Waals surface area contributed by atoms with Gasteiger partial charge in [0, 0.05) is 32.7 Å². The Bertz CT molecular complexity index is 346. The first kappa shape index (κ1) is 14.3. The molecule has 19 heavy (non-hydrogen) atoms. The summed E-state index contributed by atoms with van der Waals surface area (Å²) in [7, 11) is 1.92. The molecule has 0 bridgehead atoms. The average molecular weight is 264 g/mol. The van der Waals surface area contributed by atoms with Crippen molar-refractivity contribution in [3.05, 3.63) is 0 Å². The zero-order valence-corrected chi connectivity index (χ0v) is 11.8. The molecular formula is C14H24N4O. The fourth-order valence-electron chi connectivity index (χ4n) is 3.02. The molecular weight excluding hydrogens is 240 g/mol. The summed E-state index contributed by atoms with van der Waals surface area (Å²) in [6, 6.07) is 2.51. The third-order valence-electron chi connectivity index (χ3n) is 4.36. The lowest BCUT2D eigenvalue weighted by Gasteiger charge is -2.35. The molecule has 1 N–H and O–H groups in total. The number of hydrogen-bond donors (Lipinski definition) is 1. The van der Waals surface area contributed by atoms with E-state index >= 15 is 0 Å². The van der Waals surface area contributed by atoms with Crippen LogP contribution in [0.25, 0.3) is 0 Å². The van der Waals surface area contributed by atoms with Crippen LogP contribution >= 0.6 is 0 Å². The van der Waals surface area contributed by atoms with Gasteiger partial charge in [0.15, 0.2) is 0 Å². The third-order valence-corrected chi connectivity index (χ3v) is 4.36. The van der Waals surface area contributed by atoms with Crippen molar-refractivity contribution in [1.29, 1.82) is 5.26 Å². The fourth-order valence-corrected chi connectivity index (χ4v) is 3.02. The van der Waals surface area contributed by atoms with Gasteiger partial charge in [0.25, 0.3) is 0 Å². The molecule has 0 radical (unpaired) electrons. The highest BCUT2D eigenvalue weighted by Gasteiger charge is 2.27. The SMILES string of the molecule is CN(C(=O)CN1CCNCC1C#N)C1CCCCC1. The average Bonchev–Trinajstić information content (AvgIpc) is 2.48. The van der Waals surface area contributed by atoms with Crippen LogP contribution in [0.4, 0.5) is 0 Å². The Labute approximate surface area is 115 Å². The van der Waals surface area contributed by atoms with Crippen LogP contribution < -0.4 is 5.32 Å². The van der Waals surface area contributed by atoms with Crippen LogP contribution in [-0.4, -0.2) is 61.0 Å². The molecule has 1 atom stereocenters. The summed E-state index contributed by atoms with van der Waals surface area (Å²) in [5, 5.41) is 12.3. The van der Waals surface area contributed by atoms with Crippen molar-refractivity contribution < 1.29 is 4.79 Å². The number of hydrogen-bond acceptors (Lipinski definition) is 4. The van der Waals surface area contributed by atoms with Crippen molar-refractivity contribution >= 4 is 5.91 Å². The summed E-state index contributed by atoms with van der Waals surface area (Å²) in [5.74, 6) is 0.161. The van der Waals surface area contributed by atoms with Gasteiger partial charge in [-0.3, -0.25) is 9.69 Å². The predicted molar refractivity (Wildman–Crippen MR) is 73.5 cm³/mol. The topological polar surface area (TPSA) is 59.4 Å². The number of nitriles is 1. The van der Waals surface area contributed by atoms with Crippen LogP contribution in [-0.2, 0) is 4.79 Å². The van der Waals surface area contributed by atoms with E-state index in [1.54, 1.807) is 0 Å². The summed E-state index contributed by atoms with van der Waals surface area (Å²) in [5.41, 5.74) is 0. The van der Waals surface area contributed by atoms with Gasteiger partial charge in [-0.25, -0.2) is 0 Å². The zero-order chi connectivity index (χ0) is 13.7. The lowest BCUT2D eigenvalue weighted by Crippen LogP contribution is -2.54. The Hall–Kier alpha value is -1.12. The second-order valence-electron chi connectivity index (χ2n) is 5.62. The molecule has 0 aromatic heterocycles. The van der Waals surface area contributed by atoms with Crippen LogP contribution in [0.15, 0.2) is 0 Å². The van der Waals surface area contributed by atoms with E-state index in [4.69, 9.17) is 5.26 Å². The molecule has 1 saturated heterocycles. The normalized spacial score (nSPS) is 25.8. The minimum Gasteiger partial charge on any atom is -0.342 e. The van der Waals surface area contributed by atoms with Crippen LogP contribution in [0.2, 0.25) is 0 Å². The van der Waals surface area contributed by atoms with Crippen molar-refractivity contribution in [2.45, 2.75) is 44.2 Å². The fraction of sp³-hybridized carbons (Fsp3) is 0.857. The van der Waals surface area contributed by atoms with Crippen LogP contribution in [0, 0.1) is 11.3 Å². The number of carbonyl (C=O) groups excluding carboxylic acids is 1. The van der Waals surface area contributed by atoms with Gasteiger partial charge >= 0.3 is 0 Å². The first-order valence-corrected chi connectivity index (χ1v) is 7.32. The molecule has 5 nitrogen and oxygen atoms in total. The van der Waals surface area contributed by atoms with E-state index in [0.717, 1.165) is 25.9 Å². The van der Waals surface area contributed by atoms with Crippen molar-refractivity contribution in [1.82, 2.24) is 15.1 Å². The molecule has 1 amide bonds. The standard InChI is InChI=1S/C14H24N4O/c1-17(12-5-3-2-4-6-12)14(19)11-18-8-7-16-10-13(18)9-15/h12-13,16H,2-8,10-11H2,1H3. The first-order chi connectivity index (χ1) is 9.22. The van der Waals surface area contributed by atoms with E-state index in [2.05, 4.69) is 11.4 Å². The highest BCUT2D eigenvalue weighted by atomic mass is 16.2. The van der Waals surface area contributed by atoms with Gasteiger partial charge in [0.1, 0.15) is 6.04 Å². The molecule has 1 saturated carbocycles. The maximum atomic E-state index is 12.3. The maximum absolute atomic E-state index is 12.3. The van der Waals surface area contributed by atoms with Gasteiger partial charge in [-0.2, -0.15) is 5.26 Å². The van der Waals surface area contributed by atoms with Crippen LogP contribution in [0.3, 0.4) is 0 Å². The molecule has 5 heteroatoms. The Morgan fingerprint density at radius 1 is 1.42 bits per heavy atom. The minimum absolute atomic E-state index is 0.161. The molecule has 1 aliphatic carbocycles. The summed E-state index contributed by atoms with van der Waals surface area (Å²) >= 11 is 0. The number of carbonyl (C=O) groups is 1. The lowest BCUT2D eigenvalue weighted by molar-refractivity contribution is -0.134. The number of nitrogens with one attached hydrogen (secondary N) is 1. The van der Waals surface area contributed by atoms with E-state index in [-0.39, 0.29) is 11.9 Å². The summed E-state index contributed by atoms with van der Waals surface area (Å²) in [6.45, 7) is 2.69.